The largest absolute Gasteiger partial charge is 0.509 e. The Kier molecular flexibility index (Phi) is 13.9. The second-order valence-corrected chi connectivity index (χ2v) is 18.4. The number of aliphatic hydroxyl groups is 2. The molecule has 4 aliphatic rings. The van der Waals surface area contributed by atoms with E-state index in [1.807, 2.05) is 0 Å². The van der Waals surface area contributed by atoms with Crippen LogP contribution >= 0.6 is 0 Å². The molecule has 11 atom stereocenters. The monoisotopic (exact) mass is 935 g/mol. The number of carbonyl (C=O) groups is 6. The van der Waals surface area contributed by atoms with Crippen LogP contribution in [0.15, 0.2) is 121 Å². The summed E-state index contributed by atoms with van der Waals surface area (Å²) >= 11 is 0. The molecule has 68 heavy (non-hydrogen) atoms. The van der Waals surface area contributed by atoms with Gasteiger partial charge in [0.25, 0.3) is 5.91 Å². The number of amides is 1. The van der Waals surface area contributed by atoms with Crippen molar-refractivity contribution in [3.05, 3.63) is 138 Å². The van der Waals surface area contributed by atoms with Gasteiger partial charge in [-0.2, -0.15) is 0 Å². The van der Waals surface area contributed by atoms with Crippen LogP contribution in [0.25, 0.3) is 5.76 Å². The Bertz CT molecular complexity index is 2490. The molecule has 3 aliphatic carbocycles. The molecule has 7 rings (SSSR count). The highest BCUT2D eigenvalue weighted by Gasteiger charge is 2.78. The molecule has 3 N–H and O–H groups in total. The highest BCUT2D eigenvalue weighted by atomic mass is 16.7. The number of esters is 3. The van der Waals surface area contributed by atoms with Crippen molar-refractivity contribution < 1.29 is 72.1 Å². The average molecular weight is 936 g/mol. The maximum absolute atomic E-state index is 15.7. The summed E-state index contributed by atoms with van der Waals surface area (Å²) in [6, 6.07) is 23.7. The van der Waals surface area contributed by atoms with Gasteiger partial charge in [-0.1, -0.05) is 112 Å². The van der Waals surface area contributed by atoms with Crippen molar-refractivity contribution >= 4 is 41.5 Å². The van der Waals surface area contributed by atoms with Crippen molar-refractivity contribution in [1.82, 2.24) is 5.32 Å². The standard InChI is InChI=1S/C52H57NO15/c1-9-25-62-48(60)67-42(40(34-21-15-11-16-22-34)53-46(58)35-23-17-12-18-24-35)47(59)66-36-27-52(61)45(64-30(3)33-19-13-10-14-20-33)43-50(8,37(56)26-38-51(43,28-63-38)68-32(5)55)44(57)41(65-31(4)54)39(29(36)2)49(52,6)7/h9-24,36-38,40-43,45,56,61H,1,3,25-28H2,2,4-8H3,(H,53,58)/t36-,37-,38?,40-,41?,42+,43?,45?,50+,51-,52+/m0/s1. The van der Waals surface area contributed by atoms with E-state index >= 15 is 9.59 Å². The van der Waals surface area contributed by atoms with E-state index in [0.29, 0.717) is 11.1 Å². The zero-order valence-electron chi connectivity index (χ0n) is 38.8. The van der Waals surface area contributed by atoms with Gasteiger partial charge < -0.3 is 48.7 Å². The lowest BCUT2D eigenvalue weighted by Gasteiger charge is -2.67. The summed E-state index contributed by atoms with van der Waals surface area (Å²) in [5, 5.41) is 29.0. The highest BCUT2D eigenvalue weighted by molar-refractivity contribution is 5.96. The van der Waals surface area contributed by atoms with Gasteiger partial charge in [-0.25, -0.2) is 9.59 Å². The van der Waals surface area contributed by atoms with Crippen LogP contribution in [0, 0.1) is 16.7 Å². The molecule has 16 nitrogen and oxygen atoms in total. The number of hydrogen-bond donors (Lipinski definition) is 3. The number of rotatable bonds is 14. The summed E-state index contributed by atoms with van der Waals surface area (Å²) in [4.78, 5) is 84.2. The Labute approximate surface area is 394 Å². The highest BCUT2D eigenvalue weighted by Crippen LogP contribution is 2.64. The van der Waals surface area contributed by atoms with Crippen molar-refractivity contribution in [3.63, 3.8) is 0 Å². The number of ether oxygens (including phenoxy) is 7. The normalized spacial score (nSPS) is 29.9. The van der Waals surface area contributed by atoms with Gasteiger partial charge in [-0.05, 0) is 42.7 Å². The van der Waals surface area contributed by atoms with E-state index in [1.54, 1.807) is 112 Å². The molecule has 0 radical (unpaired) electrons. The van der Waals surface area contributed by atoms with E-state index in [2.05, 4.69) is 18.5 Å². The molecular weight excluding hydrogens is 879 g/mol. The zero-order chi connectivity index (χ0) is 49.3. The first-order chi connectivity index (χ1) is 32.2. The molecule has 360 valence electrons. The molecule has 1 saturated heterocycles. The summed E-state index contributed by atoms with van der Waals surface area (Å²) in [5.74, 6) is -5.69. The van der Waals surface area contributed by atoms with Crippen LogP contribution < -0.4 is 5.32 Å². The van der Waals surface area contributed by atoms with Crippen LogP contribution in [0.4, 0.5) is 4.79 Å². The maximum atomic E-state index is 15.7. The molecule has 3 aromatic rings. The molecule has 0 aromatic heterocycles. The Hall–Kier alpha value is -6.62. The summed E-state index contributed by atoms with van der Waals surface area (Å²) < 4.78 is 42.2. The van der Waals surface area contributed by atoms with Crippen molar-refractivity contribution in [2.45, 2.75) is 108 Å². The zero-order valence-corrected chi connectivity index (χ0v) is 38.8. The van der Waals surface area contributed by atoms with Crippen LogP contribution in [0.1, 0.15) is 81.9 Å². The van der Waals surface area contributed by atoms with Crippen LogP contribution in [0.2, 0.25) is 0 Å². The third kappa shape index (κ3) is 8.72. The van der Waals surface area contributed by atoms with Gasteiger partial charge in [0.05, 0.1) is 24.0 Å². The predicted octanol–water partition coefficient (Wildman–Crippen LogP) is 5.91. The smallest absolute Gasteiger partial charge is 0.487 e. The minimum Gasteiger partial charge on any atom is -0.487 e. The first kappa shape index (κ1) is 49.3. The van der Waals surface area contributed by atoms with E-state index in [-0.39, 0.29) is 42.1 Å². The number of nitrogens with one attached hydrogen (secondary N) is 1. The molecule has 2 saturated carbocycles. The lowest BCUT2D eigenvalue weighted by Crippen LogP contribution is -2.81. The maximum Gasteiger partial charge on any atom is 0.509 e. The SMILES string of the molecule is C=CCOC(=O)O[C@@H](C(=O)O[C@H]1C[C@@]2(O)C(OC(=C)c3ccccc3)C3[C@]4(OC(C)=O)COC4C[C@H](O)[C@@]3(C)C(=O)C(OC(C)=O)C(=C1C)C2(C)C)[C@@H](NC(=O)c1ccccc1)c1ccccc1. The van der Waals surface area contributed by atoms with E-state index in [9.17, 15) is 29.4 Å². The lowest BCUT2D eigenvalue weighted by molar-refractivity contribution is -0.345. The fourth-order valence-corrected chi connectivity index (χ4v) is 10.6. The third-order valence-electron chi connectivity index (χ3n) is 14.1. The Morgan fingerprint density at radius 3 is 2.04 bits per heavy atom. The van der Waals surface area contributed by atoms with Gasteiger partial charge in [0.2, 0.25) is 6.10 Å². The van der Waals surface area contributed by atoms with Gasteiger partial charge >= 0.3 is 24.1 Å². The van der Waals surface area contributed by atoms with Crippen molar-refractivity contribution in [1.29, 1.82) is 0 Å². The van der Waals surface area contributed by atoms with Crippen LogP contribution in [0.5, 0.6) is 0 Å². The van der Waals surface area contributed by atoms with E-state index < -0.39 is 113 Å². The first-order valence-corrected chi connectivity index (χ1v) is 22.3. The van der Waals surface area contributed by atoms with Crippen LogP contribution in [-0.2, 0) is 52.3 Å². The van der Waals surface area contributed by atoms with Gasteiger partial charge in [0.15, 0.2) is 17.5 Å². The molecular formula is C52H57NO15. The van der Waals surface area contributed by atoms with Gasteiger partial charge in [-0.15, -0.1) is 0 Å². The fourth-order valence-electron chi connectivity index (χ4n) is 10.6. The molecule has 4 unspecified atom stereocenters. The van der Waals surface area contributed by atoms with Gasteiger partial charge in [0.1, 0.15) is 42.3 Å². The average Bonchev–Trinajstić information content (AvgIpc) is 3.30. The molecule has 3 aromatic carbocycles. The Morgan fingerprint density at radius 1 is 0.882 bits per heavy atom. The van der Waals surface area contributed by atoms with E-state index in [0.717, 1.165) is 6.92 Å². The fraction of sp³-hybridized carbons (Fsp3) is 0.423. The number of fused-ring (bicyclic) bond motifs is 5. The van der Waals surface area contributed by atoms with Crippen molar-refractivity contribution in [3.8, 4) is 0 Å². The Morgan fingerprint density at radius 2 is 1.49 bits per heavy atom. The number of Topliss-reactive ketones (excluding diaryl/α,β-unsaturated/α-hetero) is 1. The summed E-state index contributed by atoms with van der Waals surface area (Å²) in [6.07, 6.45) is -10.1. The van der Waals surface area contributed by atoms with Gasteiger partial charge in [0, 0.05) is 43.2 Å². The van der Waals surface area contributed by atoms with Crippen molar-refractivity contribution in [2.24, 2.45) is 16.7 Å². The molecule has 2 bridgehead atoms. The van der Waals surface area contributed by atoms with Crippen LogP contribution in [0.3, 0.4) is 0 Å². The molecule has 16 heteroatoms. The number of benzene rings is 3. The van der Waals surface area contributed by atoms with Crippen molar-refractivity contribution in [2.75, 3.05) is 13.2 Å². The minimum absolute atomic E-state index is 0.0309. The third-order valence-corrected chi connectivity index (χ3v) is 14.1. The number of hydrogen-bond acceptors (Lipinski definition) is 15. The minimum atomic E-state index is -2.31. The number of carbonyl (C=O) groups excluding carboxylic acids is 6. The molecule has 0 spiro atoms. The first-order valence-electron chi connectivity index (χ1n) is 22.3. The van der Waals surface area contributed by atoms with Crippen LogP contribution in [-0.4, -0.2) is 107 Å². The molecule has 1 amide bonds. The molecule has 1 aliphatic heterocycles. The van der Waals surface area contributed by atoms with E-state index in [1.165, 1.54) is 19.9 Å². The Balaban J connectivity index is 1.42. The summed E-state index contributed by atoms with van der Waals surface area (Å²) in [6.45, 7) is 15.8. The summed E-state index contributed by atoms with van der Waals surface area (Å²) in [7, 11) is 0. The molecule has 3 fully saturated rings. The van der Waals surface area contributed by atoms with Gasteiger partial charge in [-0.3, -0.25) is 19.2 Å². The number of aliphatic hydroxyl groups excluding tert-OH is 1. The number of ketones is 1. The summed E-state index contributed by atoms with van der Waals surface area (Å²) in [5.41, 5.74) is -6.37. The second kappa shape index (κ2) is 19.2. The lowest BCUT2D eigenvalue weighted by atomic mass is 9.44. The second-order valence-electron chi connectivity index (χ2n) is 18.4. The predicted molar refractivity (Wildman–Crippen MR) is 243 cm³/mol. The quantitative estimate of drug-likeness (QED) is 0.0740. The topological polar surface area (TPSA) is 220 Å². The molecule has 1 heterocycles. The van der Waals surface area contributed by atoms with E-state index in [4.69, 9.17) is 33.2 Å².